The van der Waals surface area contributed by atoms with Gasteiger partial charge in [0.25, 0.3) is 0 Å². The van der Waals surface area contributed by atoms with E-state index < -0.39 is 11.6 Å². The average molecular weight is 265 g/mol. The van der Waals surface area contributed by atoms with E-state index in [1.54, 1.807) is 0 Å². The molecule has 0 aliphatic heterocycles. The molecule has 0 radical (unpaired) electrons. The van der Waals surface area contributed by atoms with Crippen LogP contribution in [0, 0.1) is 18.6 Å². The third-order valence-corrected chi connectivity index (χ3v) is 3.64. The Labute approximate surface area is 109 Å². The van der Waals surface area contributed by atoms with Gasteiger partial charge >= 0.3 is 0 Å². The summed E-state index contributed by atoms with van der Waals surface area (Å²) in [7, 11) is 0. The highest BCUT2D eigenvalue weighted by Crippen LogP contribution is 2.32. The van der Waals surface area contributed by atoms with Crippen molar-refractivity contribution in [1.29, 1.82) is 0 Å². The van der Waals surface area contributed by atoms with Crippen molar-refractivity contribution in [3.05, 3.63) is 59.2 Å². The maximum atomic E-state index is 13.7. The van der Waals surface area contributed by atoms with Crippen molar-refractivity contribution in [2.75, 3.05) is 0 Å². The average Bonchev–Trinajstić information content (AvgIpc) is 2.35. The van der Waals surface area contributed by atoms with Crippen molar-refractivity contribution in [2.45, 2.75) is 23.3 Å². The van der Waals surface area contributed by atoms with Crippen LogP contribution in [0.3, 0.4) is 0 Å². The molecule has 2 aromatic carbocycles. The molecule has 0 saturated carbocycles. The van der Waals surface area contributed by atoms with Crippen LogP contribution in [0.2, 0.25) is 0 Å². The number of benzene rings is 2. The lowest BCUT2D eigenvalue weighted by Crippen LogP contribution is -1.99. The predicted molar refractivity (Wildman–Crippen MR) is 69.6 cm³/mol. The molecule has 4 heteroatoms. The Morgan fingerprint density at radius 2 is 1.61 bits per heavy atom. The van der Waals surface area contributed by atoms with E-state index >= 15 is 0 Å². The van der Waals surface area contributed by atoms with E-state index in [2.05, 4.69) is 0 Å². The van der Waals surface area contributed by atoms with E-state index in [0.29, 0.717) is 5.56 Å². The monoisotopic (exact) mass is 265 g/mol. The molecule has 0 aromatic heterocycles. The molecule has 0 aliphatic carbocycles. The highest BCUT2D eigenvalue weighted by Gasteiger charge is 2.12. The van der Waals surface area contributed by atoms with Gasteiger partial charge in [0, 0.05) is 11.4 Å². The molecule has 94 valence electrons. The first-order chi connectivity index (χ1) is 8.60. The summed E-state index contributed by atoms with van der Waals surface area (Å²) in [6.45, 7) is 2.09. The van der Waals surface area contributed by atoms with Gasteiger partial charge in [0.05, 0.1) is 4.90 Å². The number of halogens is 2. The van der Waals surface area contributed by atoms with Crippen molar-refractivity contribution in [2.24, 2.45) is 5.73 Å². The van der Waals surface area contributed by atoms with Crippen LogP contribution in [0.15, 0.2) is 46.2 Å². The summed E-state index contributed by atoms with van der Waals surface area (Å²) in [4.78, 5) is 0.815. The Hall–Kier alpha value is -1.39. The van der Waals surface area contributed by atoms with Gasteiger partial charge in [-0.15, -0.1) is 0 Å². The first-order valence-corrected chi connectivity index (χ1v) is 6.34. The van der Waals surface area contributed by atoms with Crippen LogP contribution in [0.25, 0.3) is 0 Å². The van der Waals surface area contributed by atoms with Crippen molar-refractivity contribution < 1.29 is 8.78 Å². The summed E-state index contributed by atoms with van der Waals surface area (Å²) in [5, 5.41) is 0. The molecule has 0 spiro atoms. The quantitative estimate of drug-likeness (QED) is 0.911. The SMILES string of the molecule is Cc1ccc(Sc2c(F)cc(CN)cc2F)cc1. The predicted octanol–water partition coefficient (Wildman–Crippen LogP) is 3.88. The summed E-state index contributed by atoms with van der Waals surface area (Å²) in [6, 6.07) is 10.1. The van der Waals surface area contributed by atoms with Crippen molar-refractivity contribution in [3.8, 4) is 0 Å². The molecule has 0 fully saturated rings. The fraction of sp³-hybridized carbons (Fsp3) is 0.143. The summed E-state index contributed by atoms with van der Waals surface area (Å²) in [5.74, 6) is -1.14. The lowest BCUT2D eigenvalue weighted by Gasteiger charge is -2.07. The number of nitrogens with two attached hydrogens (primary N) is 1. The van der Waals surface area contributed by atoms with Crippen molar-refractivity contribution in [3.63, 3.8) is 0 Å². The second-order valence-corrected chi connectivity index (χ2v) is 5.09. The van der Waals surface area contributed by atoms with E-state index in [9.17, 15) is 8.78 Å². The van der Waals surface area contributed by atoms with E-state index in [0.717, 1.165) is 22.2 Å². The maximum absolute atomic E-state index is 13.7. The molecule has 2 aromatic rings. The zero-order valence-corrected chi connectivity index (χ0v) is 10.7. The number of hydrogen-bond donors (Lipinski definition) is 1. The van der Waals surface area contributed by atoms with Crippen LogP contribution < -0.4 is 5.73 Å². The maximum Gasteiger partial charge on any atom is 0.140 e. The van der Waals surface area contributed by atoms with Gasteiger partial charge in [0.15, 0.2) is 0 Å². The minimum absolute atomic E-state index is 0.0102. The van der Waals surface area contributed by atoms with Crippen LogP contribution in [-0.2, 0) is 6.54 Å². The topological polar surface area (TPSA) is 26.0 Å². The van der Waals surface area contributed by atoms with Gasteiger partial charge in [0.2, 0.25) is 0 Å². The van der Waals surface area contributed by atoms with Gasteiger partial charge in [-0.25, -0.2) is 8.78 Å². The standard InChI is InChI=1S/C14H13F2NS/c1-9-2-4-11(5-3-9)18-14-12(15)6-10(8-17)7-13(14)16/h2-7H,8,17H2,1H3. The molecule has 0 saturated heterocycles. The van der Waals surface area contributed by atoms with Crippen LogP contribution in [0.5, 0.6) is 0 Å². The highest BCUT2D eigenvalue weighted by atomic mass is 32.2. The van der Waals surface area contributed by atoms with Crippen LogP contribution >= 0.6 is 11.8 Å². The molecule has 0 aliphatic rings. The smallest absolute Gasteiger partial charge is 0.140 e. The zero-order chi connectivity index (χ0) is 13.1. The molecule has 2 N–H and O–H groups in total. The van der Waals surface area contributed by atoms with E-state index in [1.807, 2.05) is 31.2 Å². The molecule has 0 amide bonds. The molecule has 0 heterocycles. The fourth-order valence-electron chi connectivity index (χ4n) is 1.55. The van der Waals surface area contributed by atoms with Gasteiger partial charge in [-0.05, 0) is 36.8 Å². The number of hydrogen-bond acceptors (Lipinski definition) is 2. The zero-order valence-electron chi connectivity index (χ0n) is 9.91. The Morgan fingerprint density at radius 1 is 1.06 bits per heavy atom. The van der Waals surface area contributed by atoms with Gasteiger partial charge < -0.3 is 5.73 Å². The second kappa shape index (κ2) is 5.50. The first-order valence-electron chi connectivity index (χ1n) is 5.52. The highest BCUT2D eigenvalue weighted by molar-refractivity contribution is 7.99. The second-order valence-electron chi connectivity index (χ2n) is 4.01. The normalized spacial score (nSPS) is 10.7. The molecule has 1 nitrogen and oxygen atoms in total. The minimum atomic E-state index is -0.568. The molecule has 0 bridgehead atoms. The van der Waals surface area contributed by atoms with Crippen LogP contribution in [0.4, 0.5) is 8.78 Å². The Kier molecular flexibility index (Phi) is 3.99. The van der Waals surface area contributed by atoms with Crippen LogP contribution in [0.1, 0.15) is 11.1 Å². The van der Waals surface area contributed by atoms with Gasteiger partial charge in [0.1, 0.15) is 11.6 Å². The Balaban J connectivity index is 2.31. The van der Waals surface area contributed by atoms with Gasteiger partial charge in [-0.1, -0.05) is 29.5 Å². The van der Waals surface area contributed by atoms with Crippen LogP contribution in [-0.4, -0.2) is 0 Å². The summed E-state index contributed by atoms with van der Waals surface area (Å²) >= 11 is 1.08. The van der Waals surface area contributed by atoms with Gasteiger partial charge in [-0.3, -0.25) is 0 Å². The number of aryl methyl sites for hydroxylation is 1. The molecular formula is C14H13F2NS. The van der Waals surface area contributed by atoms with E-state index in [4.69, 9.17) is 5.73 Å². The van der Waals surface area contributed by atoms with Gasteiger partial charge in [-0.2, -0.15) is 0 Å². The minimum Gasteiger partial charge on any atom is -0.326 e. The molecule has 0 atom stereocenters. The fourth-order valence-corrected chi connectivity index (χ4v) is 2.37. The lowest BCUT2D eigenvalue weighted by molar-refractivity contribution is 0.537. The van der Waals surface area contributed by atoms with Crippen molar-refractivity contribution >= 4 is 11.8 Å². The van der Waals surface area contributed by atoms with E-state index in [-0.39, 0.29) is 11.4 Å². The first kappa shape index (κ1) is 13.1. The molecule has 2 rings (SSSR count). The lowest BCUT2D eigenvalue weighted by atomic mass is 10.2. The summed E-state index contributed by atoms with van der Waals surface area (Å²) < 4.78 is 27.5. The summed E-state index contributed by atoms with van der Waals surface area (Å²) in [5.41, 5.74) is 6.93. The molecular weight excluding hydrogens is 252 g/mol. The third-order valence-electron chi connectivity index (χ3n) is 2.53. The summed E-state index contributed by atoms with van der Waals surface area (Å²) in [6.07, 6.45) is 0. The molecule has 18 heavy (non-hydrogen) atoms. The Bertz CT molecular complexity index is 529. The van der Waals surface area contributed by atoms with E-state index in [1.165, 1.54) is 12.1 Å². The largest absolute Gasteiger partial charge is 0.326 e. The molecule has 0 unspecified atom stereocenters. The third kappa shape index (κ3) is 2.89. The van der Waals surface area contributed by atoms with Crippen molar-refractivity contribution in [1.82, 2.24) is 0 Å². The number of rotatable bonds is 3. The Morgan fingerprint density at radius 3 is 2.11 bits per heavy atom.